The molecule has 86 valence electrons. The van der Waals surface area contributed by atoms with Crippen molar-refractivity contribution in [1.29, 1.82) is 0 Å². The fourth-order valence-electron chi connectivity index (χ4n) is 2.30. The first-order valence-corrected chi connectivity index (χ1v) is 5.66. The molecule has 0 spiro atoms. The second-order valence-electron chi connectivity index (χ2n) is 4.68. The lowest BCUT2D eigenvalue weighted by atomic mass is 10.1. The first kappa shape index (κ1) is 12.2. The van der Waals surface area contributed by atoms with Crippen LogP contribution in [0.3, 0.4) is 0 Å². The molecule has 1 saturated heterocycles. The molecule has 15 heavy (non-hydrogen) atoms. The Balaban J connectivity index is 2.70. The van der Waals surface area contributed by atoms with Crippen LogP contribution in [-0.2, 0) is 4.79 Å². The van der Waals surface area contributed by atoms with Gasteiger partial charge in [-0.2, -0.15) is 0 Å². The van der Waals surface area contributed by atoms with E-state index in [1.807, 2.05) is 4.90 Å². The highest BCUT2D eigenvalue weighted by Gasteiger charge is 2.31. The Bertz CT molecular complexity index is 250. The lowest BCUT2D eigenvalue weighted by molar-refractivity contribution is -0.132. The summed E-state index contributed by atoms with van der Waals surface area (Å²) in [6.45, 7) is 14.0. The fourth-order valence-corrected chi connectivity index (χ4v) is 2.30. The molecule has 0 radical (unpaired) electrons. The Labute approximate surface area is 92.7 Å². The zero-order chi connectivity index (χ0) is 11.6. The van der Waals surface area contributed by atoms with Gasteiger partial charge in [-0.05, 0) is 33.8 Å². The van der Waals surface area contributed by atoms with Gasteiger partial charge >= 0.3 is 0 Å². The monoisotopic (exact) mass is 210 g/mol. The third-order valence-corrected chi connectivity index (χ3v) is 3.16. The summed E-state index contributed by atoms with van der Waals surface area (Å²) >= 11 is 0. The van der Waals surface area contributed by atoms with Crippen molar-refractivity contribution < 1.29 is 4.79 Å². The molecular formula is C12H22N2O. The van der Waals surface area contributed by atoms with Crippen molar-refractivity contribution in [2.24, 2.45) is 0 Å². The first-order valence-electron chi connectivity index (χ1n) is 5.66. The van der Waals surface area contributed by atoms with Crippen LogP contribution in [0.15, 0.2) is 12.7 Å². The van der Waals surface area contributed by atoms with Crippen LogP contribution in [0.5, 0.6) is 0 Å². The van der Waals surface area contributed by atoms with Gasteiger partial charge in [0.05, 0.1) is 0 Å². The maximum absolute atomic E-state index is 11.6. The maximum Gasteiger partial charge on any atom is 0.246 e. The van der Waals surface area contributed by atoms with Crippen LogP contribution in [0, 0.1) is 0 Å². The Morgan fingerprint density at radius 2 is 1.93 bits per heavy atom. The highest BCUT2D eigenvalue weighted by Crippen LogP contribution is 2.17. The van der Waals surface area contributed by atoms with Crippen LogP contribution in [0.2, 0.25) is 0 Å². The number of carbonyl (C=O) groups excluding carboxylic acids is 1. The minimum absolute atomic E-state index is 0.0535. The molecule has 0 aromatic rings. The zero-order valence-electron chi connectivity index (χ0n) is 10.2. The van der Waals surface area contributed by atoms with E-state index in [1.165, 1.54) is 6.08 Å². The van der Waals surface area contributed by atoms with E-state index in [-0.39, 0.29) is 11.9 Å². The average molecular weight is 210 g/mol. The van der Waals surface area contributed by atoms with Crippen LogP contribution in [-0.4, -0.2) is 46.9 Å². The smallest absolute Gasteiger partial charge is 0.246 e. The van der Waals surface area contributed by atoms with Crippen molar-refractivity contribution >= 4 is 5.91 Å². The van der Waals surface area contributed by atoms with E-state index in [0.29, 0.717) is 12.1 Å². The number of nitrogens with zero attached hydrogens (tertiary/aromatic N) is 2. The largest absolute Gasteiger partial charge is 0.334 e. The van der Waals surface area contributed by atoms with Gasteiger partial charge in [-0.15, -0.1) is 0 Å². The molecule has 0 unspecified atom stereocenters. The quantitative estimate of drug-likeness (QED) is 0.645. The Kier molecular flexibility index (Phi) is 3.91. The molecule has 3 heteroatoms. The second-order valence-corrected chi connectivity index (χ2v) is 4.68. The number of hydrogen-bond acceptors (Lipinski definition) is 2. The van der Waals surface area contributed by atoms with E-state index in [4.69, 9.17) is 0 Å². The molecule has 0 saturated carbocycles. The van der Waals surface area contributed by atoms with Gasteiger partial charge in [0.1, 0.15) is 0 Å². The predicted octanol–water partition coefficient (Wildman–Crippen LogP) is 1.50. The molecule has 2 atom stereocenters. The van der Waals surface area contributed by atoms with Gasteiger partial charge in [0.15, 0.2) is 0 Å². The lowest BCUT2D eigenvalue weighted by Crippen LogP contribution is -2.59. The topological polar surface area (TPSA) is 23.6 Å². The molecule has 1 rings (SSSR count). The van der Waals surface area contributed by atoms with Crippen molar-refractivity contribution in [2.45, 2.75) is 45.8 Å². The molecular weight excluding hydrogens is 188 g/mol. The minimum Gasteiger partial charge on any atom is -0.334 e. The van der Waals surface area contributed by atoms with Gasteiger partial charge in [-0.3, -0.25) is 9.69 Å². The summed E-state index contributed by atoms with van der Waals surface area (Å²) < 4.78 is 0. The minimum atomic E-state index is 0.0535. The van der Waals surface area contributed by atoms with E-state index in [1.54, 1.807) is 0 Å². The van der Waals surface area contributed by atoms with Crippen LogP contribution >= 0.6 is 0 Å². The van der Waals surface area contributed by atoms with Crippen molar-refractivity contribution in [2.75, 3.05) is 13.1 Å². The van der Waals surface area contributed by atoms with Crippen LogP contribution in [0.4, 0.5) is 0 Å². The van der Waals surface area contributed by atoms with E-state index >= 15 is 0 Å². The number of rotatable bonds is 2. The fraction of sp³-hybridized carbons (Fsp3) is 0.750. The van der Waals surface area contributed by atoms with Crippen molar-refractivity contribution in [3.05, 3.63) is 12.7 Å². The molecule has 0 bridgehead atoms. The van der Waals surface area contributed by atoms with Crippen molar-refractivity contribution in [3.8, 4) is 0 Å². The molecule has 1 aliphatic rings. The van der Waals surface area contributed by atoms with E-state index < -0.39 is 0 Å². The van der Waals surface area contributed by atoms with Gasteiger partial charge in [0.25, 0.3) is 0 Å². The molecule has 0 aromatic heterocycles. The third kappa shape index (κ3) is 2.59. The SMILES string of the molecule is C=CC(=O)N1C[C@H](C)N(C(C)C)C[C@@H]1C. The van der Waals surface area contributed by atoms with Crippen LogP contribution < -0.4 is 0 Å². The van der Waals surface area contributed by atoms with Gasteiger partial charge in [0.2, 0.25) is 5.91 Å². The summed E-state index contributed by atoms with van der Waals surface area (Å²) in [7, 11) is 0. The molecule has 1 amide bonds. The number of carbonyl (C=O) groups is 1. The summed E-state index contributed by atoms with van der Waals surface area (Å²) in [6.07, 6.45) is 1.41. The maximum atomic E-state index is 11.6. The molecule has 0 N–H and O–H groups in total. The Hall–Kier alpha value is -0.830. The van der Waals surface area contributed by atoms with Gasteiger partial charge < -0.3 is 4.90 Å². The lowest BCUT2D eigenvalue weighted by Gasteiger charge is -2.45. The average Bonchev–Trinajstić information content (AvgIpc) is 2.19. The summed E-state index contributed by atoms with van der Waals surface area (Å²) in [6, 6.07) is 1.27. The molecule has 3 nitrogen and oxygen atoms in total. The summed E-state index contributed by atoms with van der Waals surface area (Å²) in [5.41, 5.74) is 0. The van der Waals surface area contributed by atoms with Gasteiger partial charge in [-0.25, -0.2) is 0 Å². The van der Waals surface area contributed by atoms with Gasteiger partial charge in [0, 0.05) is 31.2 Å². The zero-order valence-corrected chi connectivity index (χ0v) is 10.2. The standard InChI is InChI=1S/C12H22N2O/c1-6-12(15)14-8-10(4)13(9(2)3)7-11(14)5/h6,9-11H,1,7-8H2,2-5H3/t10-,11-/m0/s1. The summed E-state index contributed by atoms with van der Waals surface area (Å²) in [5, 5.41) is 0. The molecule has 0 aromatic carbocycles. The van der Waals surface area contributed by atoms with Crippen molar-refractivity contribution in [1.82, 2.24) is 9.80 Å². The van der Waals surface area contributed by atoms with E-state index in [2.05, 4.69) is 39.2 Å². The highest BCUT2D eigenvalue weighted by atomic mass is 16.2. The summed E-state index contributed by atoms with van der Waals surface area (Å²) in [4.78, 5) is 15.9. The second kappa shape index (κ2) is 4.79. The van der Waals surface area contributed by atoms with Crippen LogP contribution in [0.25, 0.3) is 0 Å². The molecule has 1 heterocycles. The predicted molar refractivity (Wildman–Crippen MR) is 62.7 cm³/mol. The molecule has 1 aliphatic heterocycles. The van der Waals surface area contributed by atoms with Gasteiger partial charge in [-0.1, -0.05) is 6.58 Å². The number of piperazine rings is 1. The number of hydrogen-bond donors (Lipinski definition) is 0. The first-order chi connectivity index (χ1) is 6.97. The third-order valence-electron chi connectivity index (χ3n) is 3.16. The Morgan fingerprint density at radius 1 is 1.33 bits per heavy atom. The van der Waals surface area contributed by atoms with E-state index in [0.717, 1.165) is 13.1 Å². The number of amides is 1. The van der Waals surface area contributed by atoms with Crippen molar-refractivity contribution in [3.63, 3.8) is 0 Å². The summed E-state index contributed by atoms with van der Waals surface area (Å²) in [5.74, 6) is 0.0535. The highest BCUT2D eigenvalue weighted by molar-refractivity contribution is 5.87. The molecule has 1 fully saturated rings. The normalized spacial score (nSPS) is 28.2. The van der Waals surface area contributed by atoms with Crippen LogP contribution in [0.1, 0.15) is 27.7 Å². The Morgan fingerprint density at radius 3 is 2.40 bits per heavy atom. The molecule has 0 aliphatic carbocycles. The van der Waals surface area contributed by atoms with E-state index in [9.17, 15) is 4.79 Å².